The molecule has 0 aliphatic carbocycles. The summed E-state index contributed by atoms with van der Waals surface area (Å²) in [5.74, 6) is 0.746. The molecule has 1 aliphatic heterocycles. The predicted molar refractivity (Wildman–Crippen MR) is 93.5 cm³/mol. The van der Waals surface area contributed by atoms with Gasteiger partial charge in [-0.05, 0) is 17.7 Å². The van der Waals surface area contributed by atoms with Gasteiger partial charge in [-0.2, -0.15) is 0 Å². The maximum Gasteiger partial charge on any atom is 0.226 e. The summed E-state index contributed by atoms with van der Waals surface area (Å²) in [6, 6.07) is 15.8. The first kappa shape index (κ1) is 15.7. The molecule has 2 aromatic heterocycles. The molecule has 1 amide bonds. The third-order valence-electron chi connectivity index (χ3n) is 4.51. The summed E-state index contributed by atoms with van der Waals surface area (Å²) in [5.41, 5.74) is 8.21. The van der Waals surface area contributed by atoms with E-state index in [9.17, 15) is 4.79 Å². The van der Waals surface area contributed by atoms with Crippen molar-refractivity contribution >= 4 is 11.6 Å². The van der Waals surface area contributed by atoms with Gasteiger partial charge in [0.2, 0.25) is 5.91 Å². The van der Waals surface area contributed by atoms with Crippen molar-refractivity contribution in [3.63, 3.8) is 0 Å². The summed E-state index contributed by atoms with van der Waals surface area (Å²) in [6.07, 6.45) is 2.57. The van der Waals surface area contributed by atoms with Gasteiger partial charge in [0.05, 0.1) is 12.0 Å². The molecule has 128 valence electrons. The smallest absolute Gasteiger partial charge is 0.226 e. The SMILES string of the molecule is O=C(NCCc1nnc2ccccn12)C1CNNC1c1ccccc1. The largest absolute Gasteiger partial charge is 0.355 e. The van der Waals surface area contributed by atoms with Gasteiger partial charge in [0, 0.05) is 25.7 Å². The first-order chi connectivity index (χ1) is 12.3. The van der Waals surface area contributed by atoms with Crippen molar-refractivity contribution in [2.24, 2.45) is 5.92 Å². The molecule has 1 aliphatic rings. The van der Waals surface area contributed by atoms with E-state index in [1.54, 1.807) is 0 Å². The number of carbonyl (C=O) groups excluding carboxylic acids is 1. The van der Waals surface area contributed by atoms with Crippen LogP contribution in [0.1, 0.15) is 17.4 Å². The lowest BCUT2D eigenvalue weighted by Crippen LogP contribution is -2.36. The summed E-state index contributed by atoms with van der Waals surface area (Å²) in [4.78, 5) is 12.6. The average molecular weight is 336 g/mol. The molecule has 0 radical (unpaired) electrons. The number of pyridine rings is 1. The van der Waals surface area contributed by atoms with Crippen molar-refractivity contribution < 1.29 is 4.79 Å². The minimum Gasteiger partial charge on any atom is -0.355 e. The van der Waals surface area contributed by atoms with Crippen molar-refractivity contribution in [3.05, 3.63) is 66.1 Å². The maximum atomic E-state index is 12.6. The van der Waals surface area contributed by atoms with E-state index in [-0.39, 0.29) is 17.9 Å². The fourth-order valence-corrected chi connectivity index (χ4v) is 3.21. The number of hydrogen-bond acceptors (Lipinski definition) is 5. The van der Waals surface area contributed by atoms with Gasteiger partial charge >= 0.3 is 0 Å². The molecule has 0 saturated carbocycles. The average Bonchev–Trinajstić information content (AvgIpc) is 3.30. The summed E-state index contributed by atoms with van der Waals surface area (Å²) < 4.78 is 1.94. The van der Waals surface area contributed by atoms with Gasteiger partial charge in [0.15, 0.2) is 5.65 Å². The van der Waals surface area contributed by atoms with Crippen LogP contribution in [0.15, 0.2) is 54.7 Å². The first-order valence-electron chi connectivity index (χ1n) is 8.42. The lowest BCUT2D eigenvalue weighted by atomic mass is 9.94. The standard InChI is InChI=1S/C18H20N6O/c25-18(14-12-20-23-17(14)13-6-2-1-3-7-13)19-10-9-16-22-21-15-8-4-5-11-24(15)16/h1-8,11,14,17,20,23H,9-10,12H2,(H,19,25). The first-order valence-corrected chi connectivity index (χ1v) is 8.42. The molecule has 4 rings (SSSR count). The van der Waals surface area contributed by atoms with Gasteiger partial charge in [0.1, 0.15) is 5.82 Å². The van der Waals surface area contributed by atoms with Crippen LogP contribution < -0.4 is 16.2 Å². The highest BCUT2D eigenvalue weighted by Crippen LogP contribution is 2.24. The molecule has 2 atom stereocenters. The zero-order chi connectivity index (χ0) is 17.1. The zero-order valence-corrected chi connectivity index (χ0v) is 13.7. The van der Waals surface area contributed by atoms with Crippen LogP contribution >= 0.6 is 0 Å². The van der Waals surface area contributed by atoms with Gasteiger partial charge in [-0.25, -0.2) is 5.43 Å². The fourth-order valence-electron chi connectivity index (χ4n) is 3.21. The van der Waals surface area contributed by atoms with Crippen LogP contribution in [0.3, 0.4) is 0 Å². The third-order valence-corrected chi connectivity index (χ3v) is 4.51. The number of hydrogen-bond donors (Lipinski definition) is 3. The van der Waals surface area contributed by atoms with Crippen LogP contribution in [0, 0.1) is 5.92 Å². The lowest BCUT2D eigenvalue weighted by Gasteiger charge is -2.18. The molecule has 25 heavy (non-hydrogen) atoms. The van der Waals surface area contributed by atoms with E-state index in [0.717, 1.165) is 17.0 Å². The highest BCUT2D eigenvalue weighted by Gasteiger charge is 2.33. The van der Waals surface area contributed by atoms with Crippen LogP contribution in [-0.4, -0.2) is 33.6 Å². The Balaban J connectivity index is 1.37. The minimum absolute atomic E-state index is 0.0184. The Kier molecular flexibility index (Phi) is 4.41. The number of nitrogens with zero attached hydrogens (tertiary/aromatic N) is 3. The zero-order valence-electron chi connectivity index (χ0n) is 13.7. The van der Waals surface area contributed by atoms with Crippen molar-refractivity contribution in [1.29, 1.82) is 0 Å². The molecule has 3 aromatic rings. The van der Waals surface area contributed by atoms with Gasteiger partial charge in [-0.1, -0.05) is 36.4 Å². The second kappa shape index (κ2) is 7.00. The molecule has 2 unspecified atom stereocenters. The molecule has 3 heterocycles. The quantitative estimate of drug-likeness (QED) is 0.643. The van der Waals surface area contributed by atoms with Gasteiger partial charge in [-0.15, -0.1) is 10.2 Å². The van der Waals surface area contributed by atoms with E-state index in [1.807, 2.05) is 59.1 Å². The van der Waals surface area contributed by atoms with E-state index < -0.39 is 0 Å². The molecule has 7 heteroatoms. The number of benzene rings is 1. The van der Waals surface area contributed by atoms with Crippen LogP contribution in [-0.2, 0) is 11.2 Å². The Morgan fingerprint density at radius 1 is 1.16 bits per heavy atom. The monoisotopic (exact) mass is 336 g/mol. The number of aromatic nitrogens is 3. The Morgan fingerprint density at radius 2 is 2.00 bits per heavy atom. The maximum absolute atomic E-state index is 12.6. The van der Waals surface area contributed by atoms with Gasteiger partial charge in [0.25, 0.3) is 0 Å². The van der Waals surface area contributed by atoms with E-state index >= 15 is 0 Å². The molecule has 0 spiro atoms. The summed E-state index contributed by atoms with van der Waals surface area (Å²) in [7, 11) is 0. The molecule has 1 aromatic carbocycles. The Bertz CT molecular complexity index is 862. The highest BCUT2D eigenvalue weighted by atomic mass is 16.2. The van der Waals surface area contributed by atoms with E-state index in [0.29, 0.717) is 19.5 Å². The number of fused-ring (bicyclic) bond motifs is 1. The summed E-state index contributed by atoms with van der Waals surface area (Å²) in [6.45, 7) is 1.14. The number of amides is 1. The van der Waals surface area contributed by atoms with Crippen LogP contribution in [0.2, 0.25) is 0 Å². The molecular weight excluding hydrogens is 316 g/mol. The van der Waals surface area contributed by atoms with Crippen molar-refractivity contribution in [2.45, 2.75) is 12.5 Å². The molecule has 0 bridgehead atoms. The Morgan fingerprint density at radius 3 is 2.88 bits per heavy atom. The molecule has 7 nitrogen and oxygen atoms in total. The third kappa shape index (κ3) is 3.24. The van der Waals surface area contributed by atoms with Crippen LogP contribution in [0.5, 0.6) is 0 Å². The number of rotatable bonds is 5. The van der Waals surface area contributed by atoms with E-state index in [2.05, 4.69) is 26.4 Å². The van der Waals surface area contributed by atoms with Gasteiger partial charge < -0.3 is 5.32 Å². The van der Waals surface area contributed by atoms with E-state index in [4.69, 9.17) is 0 Å². The van der Waals surface area contributed by atoms with Gasteiger partial charge in [-0.3, -0.25) is 14.6 Å². The van der Waals surface area contributed by atoms with Crippen molar-refractivity contribution in [2.75, 3.05) is 13.1 Å². The van der Waals surface area contributed by atoms with Crippen molar-refractivity contribution in [1.82, 2.24) is 30.8 Å². The Labute approximate surface area is 145 Å². The lowest BCUT2D eigenvalue weighted by molar-refractivity contribution is -0.124. The fraction of sp³-hybridized carbons (Fsp3) is 0.278. The second-order valence-electron chi connectivity index (χ2n) is 6.11. The summed E-state index contributed by atoms with van der Waals surface area (Å²) in [5, 5.41) is 11.3. The molecule has 3 N–H and O–H groups in total. The van der Waals surface area contributed by atoms with Crippen LogP contribution in [0.4, 0.5) is 0 Å². The molecule has 1 saturated heterocycles. The normalized spacial score (nSPS) is 20.0. The van der Waals surface area contributed by atoms with E-state index in [1.165, 1.54) is 0 Å². The second-order valence-corrected chi connectivity index (χ2v) is 6.11. The number of nitrogens with one attached hydrogen (secondary N) is 3. The highest BCUT2D eigenvalue weighted by molar-refractivity contribution is 5.80. The summed E-state index contributed by atoms with van der Waals surface area (Å²) >= 11 is 0. The molecule has 1 fully saturated rings. The Hall–Kier alpha value is -2.77. The minimum atomic E-state index is -0.141. The predicted octanol–water partition coefficient (Wildman–Crippen LogP) is 0.853. The van der Waals surface area contributed by atoms with Crippen molar-refractivity contribution in [3.8, 4) is 0 Å². The topological polar surface area (TPSA) is 83.4 Å². The molecular formula is C18H20N6O. The number of hydrazine groups is 1. The van der Waals surface area contributed by atoms with Crippen LogP contribution in [0.25, 0.3) is 5.65 Å². The number of carbonyl (C=O) groups is 1.